The molecular formula is C21H19NO4. The number of nitrogens with one attached hydrogen (secondary N) is 1. The SMILES string of the molecule is COC(=O)Cc1ccc(OCC(=O)Nc2ccc3ccccc3c2)cc1. The number of carbonyl (C=O) groups is 2. The van der Waals surface area contributed by atoms with Crippen LogP contribution in [0.3, 0.4) is 0 Å². The molecule has 0 atom stereocenters. The van der Waals surface area contributed by atoms with Crippen LogP contribution >= 0.6 is 0 Å². The number of carbonyl (C=O) groups excluding carboxylic acids is 2. The van der Waals surface area contributed by atoms with Crippen molar-refractivity contribution in [2.45, 2.75) is 6.42 Å². The predicted molar refractivity (Wildman–Crippen MR) is 100 cm³/mol. The van der Waals surface area contributed by atoms with Crippen LogP contribution in [-0.4, -0.2) is 25.6 Å². The number of anilines is 1. The lowest BCUT2D eigenvalue weighted by molar-refractivity contribution is -0.139. The van der Waals surface area contributed by atoms with Crippen LogP contribution in [-0.2, 0) is 20.7 Å². The van der Waals surface area contributed by atoms with Crippen molar-refractivity contribution in [3.63, 3.8) is 0 Å². The van der Waals surface area contributed by atoms with Crippen LogP contribution in [0.1, 0.15) is 5.56 Å². The third-order valence-electron chi connectivity index (χ3n) is 3.90. The quantitative estimate of drug-likeness (QED) is 0.691. The van der Waals surface area contributed by atoms with Gasteiger partial charge in [0.15, 0.2) is 6.61 Å². The van der Waals surface area contributed by atoms with Gasteiger partial charge in [0.25, 0.3) is 5.91 Å². The second-order valence-corrected chi connectivity index (χ2v) is 5.80. The van der Waals surface area contributed by atoms with Gasteiger partial charge in [-0.15, -0.1) is 0 Å². The molecule has 5 nitrogen and oxygen atoms in total. The van der Waals surface area contributed by atoms with Gasteiger partial charge >= 0.3 is 5.97 Å². The molecule has 0 radical (unpaired) electrons. The van der Waals surface area contributed by atoms with Crippen molar-refractivity contribution in [3.8, 4) is 5.75 Å². The Hall–Kier alpha value is -3.34. The molecule has 0 aromatic heterocycles. The molecule has 26 heavy (non-hydrogen) atoms. The topological polar surface area (TPSA) is 64.6 Å². The van der Waals surface area contributed by atoms with Crippen molar-refractivity contribution in [3.05, 3.63) is 72.3 Å². The van der Waals surface area contributed by atoms with Gasteiger partial charge in [-0.1, -0.05) is 42.5 Å². The van der Waals surface area contributed by atoms with E-state index in [2.05, 4.69) is 10.1 Å². The average Bonchev–Trinajstić information content (AvgIpc) is 2.67. The molecule has 0 aliphatic carbocycles. The van der Waals surface area contributed by atoms with Crippen molar-refractivity contribution in [2.75, 3.05) is 19.0 Å². The summed E-state index contributed by atoms with van der Waals surface area (Å²) in [6.07, 6.45) is 0.208. The molecule has 3 rings (SSSR count). The number of esters is 1. The van der Waals surface area contributed by atoms with Crippen LogP contribution in [0, 0.1) is 0 Å². The van der Waals surface area contributed by atoms with Gasteiger partial charge in [-0.2, -0.15) is 0 Å². The predicted octanol–water partition coefficient (Wildman–Crippen LogP) is 3.57. The first-order chi connectivity index (χ1) is 12.6. The first kappa shape index (κ1) is 17.5. The highest BCUT2D eigenvalue weighted by Crippen LogP contribution is 2.19. The van der Waals surface area contributed by atoms with Crippen molar-refractivity contribution < 1.29 is 19.1 Å². The first-order valence-corrected chi connectivity index (χ1v) is 8.21. The largest absolute Gasteiger partial charge is 0.484 e. The average molecular weight is 349 g/mol. The lowest BCUT2D eigenvalue weighted by atomic mass is 10.1. The van der Waals surface area contributed by atoms with Crippen molar-refractivity contribution >= 4 is 28.3 Å². The Bertz CT molecular complexity index is 919. The summed E-state index contributed by atoms with van der Waals surface area (Å²) in [5.74, 6) is 0.0274. The molecule has 132 valence electrons. The van der Waals surface area contributed by atoms with Crippen LogP contribution in [0.5, 0.6) is 5.75 Å². The van der Waals surface area contributed by atoms with Gasteiger partial charge in [0.05, 0.1) is 13.5 Å². The minimum absolute atomic E-state index is 0.0941. The van der Waals surface area contributed by atoms with Gasteiger partial charge in [0.1, 0.15) is 5.75 Å². The summed E-state index contributed by atoms with van der Waals surface area (Å²) in [6.45, 7) is -0.0941. The van der Waals surface area contributed by atoms with Crippen LogP contribution in [0.25, 0.3) is 10.8 Å². The highest BCUT2D eigenvalue weighted by Gasteiger charge is 2.06. The lowest BCUT2D eigenvalue weighted by Gasteiger charge is -2.09. The summed E-state index contributed by atoms with van der Waals surface area (Å²) in [4.78, 5) is 23.3. The fourth-order valence-corrected chi connectivity index (χ4v) is 2.56. The number of amides is 1. The zero-order chi connectivity index (χ0) is 18.4. The van der Waals surface area contributed by atoms with Gasteiger partial charge < -0.3 is 14.8 Å². The number of ether oxygens (including phenoxy) is 2. The zero-order valence-electron chi connectivity index (χ0n) is 14.4. The maximum Gasteiger partial charge on any atom is 0.309 e. The van der Waals surface area contributed by atoms with Gasteiger partial charge in [-0.25, -0.2) is 0 Å². The molecule has 5 heteroatoms. The van der Waals surface area contributed by atoms with E-state index in [1.165, 1.54) is 7.11 Å². The van der Waals surface area contributed by atoms with E-state index in [-0.39, 0.29) is 24.9 Å². The molecule has 0 bridgehead atoms. The molecule has 0 aliphatic rings. The second-order valence-electron chi connectivity index (χ2n) is 5.80. The van der Waals surface area contributed by atoms with Crippen LogP contribution in [0.2, 0.25) is 0 Å². The van der Waals surface area contributed by atoms with E-state index in [4.69, 9.17) is 4.74 Å². The van der Waals surface area contributed by atoms with Gasteiger partial charge in [-0.3, -0.25) is 9.59 Å². The lowest BCUT2D eigenvalue weighted by Crippen LogP contribution is -2.20. The van der Waals surface area contributed by atoms with E-state index in [1.807, 2.05) is 42.5 Å². The Morgan fingerprint density at radius 3 is 2.38 bits per heavy atom. The van der Waals surface area contributed by atoms with E-state index in [0.717, 1.165) is 22.0 Å². The summed E-state index contributed by atoms with van der Waals surface area (Å²) in [5, 5.41) is 5.01. The third-order valence-corrected chi connectivity index (χ3v) is 3.90. The van der Waals surface area contributed by atoms with E-state index in [9.17, 15) is 9.59 Å². The summed E-state index contributed by atoms with van der Waals surface area (Å²) in [5.41, 5.74) is 1.55. The first-order valence-electron chi connectivity index (χ1n) is 8.21. The molecule has 0 spiro atoms. The molecule has 0 saturated heterocycles. The summed E-state index contributed by atoms with van der Waals surface area (Å²) < 4.78 is 10.1. The number of rotatable bonds is 6. The third kappa shape index (κ3) is 4.60. The Morgan fingerprint density at radius 1 is 0.923 bits per heavy atom. The van der Waals surface area contributed by atoms with Crippen molar-refractivity contribution in [1.82, 2.24) is 0 Å². The van der Waals surface area contributed by atoms with Gasteiger partial charge in [0, 0.05) is 5.69 Å². The monoisotopic (exact) mass is 349 g/mol. The maximum absolute atomic E-state index is 12.1. The number of fused-ring (bicyclic) bond motifs is 1. The number of hydrogen-bond acceptors (Lipinski definition) is 4. The molecule has 1 amide bonds. The van der Waals surface area contributed by atoms with E-state index < -0.39 is 0 Å². The molecule has 0 saturated carbocycles. The molecule has 0 aliphatic heterocycles. The minimum atomic E-state index is -0.298. The second kappa shape index (κ2) is 8.16. The number of hydrogen-bond donors (Lipinski definition) is 1. The molecule has 3 aromatic carbocycles. The fourth-order valence-electron chi connectivity index (χ4n) is 2.56. The zero-order valence-corrected chi connectivity index (χ0v) is 14.4. The highest BCUT2D eigenvalue weighted by atomic mass is 16.5. The standard InChI is InChI=1S/C21H19NO4/c1-25-21(24)12-15-6-10-19(11-7-15)26-14-20(23)22-18-9-8-16-4-2-3-5-17(16)13-18/h2-11,13H,12,14H2,1H3,(H,22,23). The number of methoxy groups -OCH3 is 1. The summed E-state index contributed by atoms with van der Waals surface area (Å²) in [6, 6.07) is 20.7. The van der Waals surface area contributed by atoms with Crippen molar-refractivity contribution in [2.24, 2.45) is 0 Å². The van der Waals surface area contributed by atoms with Crippen LogP contribution in [0.15, 0.2) is 66.7 Å². The van der Waals surface area contributed by atoms with Crippen LogP contribution in [0.4, 0.5) is 5.69 Å². The number of benzene rings is 3. The fraction of sp³-hybridized carbons (Fsp3) is 0.143. The summed E-state index contributed by atoms with van der Waals surface area (Å²) in [7, 11) is 1.36. The Labute approximate surface area is 151 Å². The smallest absolute Gasteiger partial charge is 0.309 e. The van der Waals surface area contributed by atoms with Crippen LogP contribution < -0.4 is 10.1 Å². The molecular weight excluding hydrogens is 330 g/mol. The van der Waals surface area contributed by atoms with Gasteiger partial charge in [0.2, 0.25) is 0 Å². The van der Waals surface area contributed by atoms with Crippen molar-refractivity contribution in [1.29, 1.82) is 0 Å². The Kier molecular flexibility index (Phi) is 5.49. The molecule has 0 unspecified atom stereocenters. The molecule has 0 heterocycles. The normalized spacial score (nSPS) is 10.3. The molecule has 3 aromatic rings. The minimum Gasteiger partial charge on any atom is -0.484 e. The maximum atomic E-state index is 12.1. The Morgan fingerprint density at radius 2 is 1.65 bits per heavy atom. The Balaban J connectivity index is 1.54. The van der Waals surface area contributed by atoms with E-state index in [0.29, 0.717) is 5.75 Å². The summed E-state index contributed by atoms with van der Waals surface area (Å²) >= 11 is 0. The molecule has 1 N–H and O–H groups in total. The van der Waals surface area contributed by atoms with Gasteiger partial charge in [-0.05, 0) is 40.6 Å². The highest BCUT2D eigenvalue weighted by molar-refractivity contribution is 5.95. The van der Waals surface area contributed by atoms with E-state index >= 15 is 0 Å². The molecule has 0 fully saturated rings. The van der Waals surface area contributed by atoms with E-state index in [1.54, 1.807) is 24.3 Å².